The van der Waals surface area contributed by atoms with E-state index in [9.17, 15) is 28.8 Å². The highest BCUT2D eigenvalue weighted by Crippen LogP contribution is 2.17. The first-order chi connectivity index (χ1) is 13.1. The molecule has 13 nitrogen and oxygen atoms in total. The summed E-state index contributed by atoms with van der Waals surface area (Å²) in [5.41, 5.74) is 10.2. The molecule has 0 aromatic heterocycles. The second kappa shape index (κ2) is 10.2. The summed E-state index contributed by atoms with van der Waals surface area (Å²) < 4.78 is 0. The summed E-state index contributed by atoms with van der Waals surface area (Å²) in [5.74, 6) is -6.31. The lowest BCUT2D eigenvalue weighted by molar-refractivity contribution is -0.145. The second-order valence-corrected chi connectivity index (χ2v) is 6.18. The van der Waals surface area contributed by atoms with E-state index < -0.39 is 66.5 Å². The van der Waals surface area contributed by atoms with Crippen LogP contribution in [0.5, 0.6) is 0 Å². The molecule has 3 unspecified atom stereocenters. The molecule has 28 heavy (non-hydrogen) atoms. The summed E-state index contributed by atoms with van der Waals surface area (Å²) in [7, 11) is 0. The minimum Gasteiger partial charge on any atom is -0.481 e. The first-order valence-corrected chi connectivity index (χ1v) is 8.40. The number of nitrogens with two attached hydrogens (primary N) is 2. The molecule has 1 saturated heterocycles. The normalized spacial score (nSPS) is 18.0. The third kappa shape index (κ3) is 6.50. The van der Waals surface area contributed by atoms with Crippen LogP contribution in [-0.4, -0.2) is 81.9 Å². The maximum atomic E-state index is 12.5. The Hall–Kier alpha value is -3.22. The van der Waals surface area contributed by atoms with Crippen LogP contribution < -0.4 is 22.1 Å². The molecule has 1 rings (SSSR count). The van der Waals surface area contributed by atoms with Crippen molar-refractivity contribution >= 4 is 35.6 Å². The second-order valence-electron chi connectivity index (χ2n) is 6.18. The van der Waals surface area contributed by atoms with Crippen molar-refractivity contribution in [3.63, 3.8) is 0 Å². The van der Waals surface area contributed by atoms with Crippen molar-refractivity contribution in [3.05, 3.63) is 0 Å². The monoisotopic (exact) mass is 401 g/mol. The number of primary amides is 1. The van der Waals surface area contributed by atoms with Gasteiger partial charge in [0.15, 0.2) is 0 Å². The molecule has 1 aliphatic rings. The molecule has 0 aromatic carbocycles. The van der Waals surface area contributed by atoms with Crippen molar-refractivity contribution in [1.82, 2.24) is 15.5 Å². The van der Waals surface area contributed by atoms with Crippen LogP contribution >= 0.6 is 0 Å². The minimum absolute atomic E-state index is 0.295. The fourth-order valence-corrected chi connectivity index (χ4v) is 2.78. The quantitative estimate of drug-likeness (QED) is 0.212. The molecule has 156 valence electrons. The summed E-state index contributed by atoms with van der Waals surface area (Å²) in [5, 5.41) is 22.2. The van der Waals surface area contributed by atoms with Gasteiger partial charge in [-0.25, -0.2) is 4.79 Å². The third-order valence-electron chi connectivity index (χ3n) is 4.08. The van der Waals surface area contributed by atoms with Crippen molar-refractivity contribution in [2.45, 2.75) is 43.8 Å². The average Bonchev–Trinajstić information content (AvgIpc) is 3.08. The van der Waals surface area contributed by atoms with Gasteiger partial charge in [0, 0.05) is 6.54 Å². The van der Waals surface area contributed by atoms with E-state index in [2.05, 4.69) is 5.32 Å². The Labute approximate surface area is 159 Å². The van der Waals surface area contributed by atoms with E-state index >= 15 is 0 Å². The first kappa shape index (κ1) is 22.8. The summed E-state index contributed by atoms with van der Waals surface area (Å²) in [6, 6.07) is -4.21. The maximum absolute atomic E-state index is 12.5. The van der Waals surface area contributed by atoms with Crippen molar-refractivity contribution in [3.8, 4) is 0 Å². The summed E-state index contributed by atoms with van der Waals surface area (Å²) >= 11 is 0. The van der Waals surface area contributed by atoms with Crippen LogP contribution in [0.2, 0.25) is 0 Å². The lowest BCUT2D eigenvalue weighted by atomic mass is 10.1. The molecule has 4 amide bonds. The maximum Gasteiger partial charge on any atom is 0.326 e. The topological polar surface area (TPSA) is 222 Å². The molecule has 0 aliphatic carbocycles. The predicted molar refractivity (Wildman–Crippen MR) is 91.4 cm³/mol. The number of likely N-dealkylation sites (tertiary alicyclic amines) is 1. The molecule has 0 spiro atoms. The fourth-order valence-electron chi connectivity index (χ4n) is 2.78. The van der Waals surface area contributed by atoms with Crippen LogP contribution in [0, 0.1) is 0 Å². The van der Waals surface area contributed by atoms with E-state index in [1.54, 1.807) is 0 Å². The van der Waals surface area contributed by atoms with Gasteiger partial charge in [0.05, 0.1) is 19.4 Å². The van der Waals surface area contributed by atoms with Gasteiger partial charge >= 0.3 is 11.9 Å². The molecule has 8 N–H and O–H groups in total. The largest absolute Gasteiger partial charge is 0.481 e. The lowest BCUT2D eigenvalue weighted by Gasteiger charge is -2.26. The first-order valence-electron chi connectivity index (χ1n) is 8.40. The van der Waals surface area contributed by atoms with E-state index in [-0.39, 0.29) is 6.54 Å². The van der Waals surface area contributed by atoms with E-state index in [0.717, 1.165) is 0 Å². The molecule has 1 heterocycles. The average molecular weight is 401 g/mol. The van der Waals surface area contributed by atoms with Gasteiger partial charge in [-0.05, 0) is 12.8 Å². The Bertz CT molecular complexity index is 667. The number of hydrogen-bond donors (Lipinski definition) is 6. The van der Waals surface area contributed by atoms with Crippen LogP contribution in [0.1, 0.15) is 25.7 Å². The van der Waals surface area contributed by atoms with Gasteiger partial charge in [-0.1, -0.05) is 0 Å². The highest BCUT2D eigenvalue weighted by Gasteiger charge is 2.36. The van der Waals surface area contributed by atoms with Gasteiger partial charge in [0.25, 0.3) is 0 Å². The minimum atomic E-state index is -1.68. The zero-order valence-electron chi connectivity index (χ0n) is 14.9. The van der Waals surface area contributed by atoms with E-state index in [1.807, 2.05) is 5.32 Å². The Morgan fingerprint density at radius 3 is 2.18 bits per heavy atom. The van der Waals surface area contributed by atoms with Crippen LogP contribution in [0.25, 0.3) is 0 Å². The molecule has 0 aromatic rings. The summed E-state index contributed by atoms with van der Waals surface area (Å²) in [6.07, 6.45) is -0.716. The van der Waals surface area contributed by atoms with Crippen molar-refractivity contribution in [1.29, 1.82) is 0 Å². The number of rotatable bonds is 10. The van der Waals surface area contributed by atoms with Crippen molar-refractivity contribution in [2.75, 3.05) is 13.1 Å². The van der Waals surface area contributed by atoms with Gasteiger partial charge in [0.2, 0.25) is 23.6 Å². The van der Waals surface area contributed by atoms with Crippen LogP contribution in [0.4, 0.5) is 0 Å². The zero-order valence-corrected chi connectivity index (χ0v) is 14.9. The Balaban J connectivity index is 2.89. The fraction of sp³-hybridized carbons (Fsp3) is 0.600. The molecule has 1 aliphatic heterocycles. The zero-order chi connectivity index (χ0) is 21.4. The van der Waals surface area contributed by atoms with E-state index in [1.165, 1.54) is 4.90 Å². The van der Waals surface area contributed by atoms with Gasteiger partial charge in [-0.2, -0.15) is 0 Å². The number of carbonyl (C=O) groups excluding carboxylic acids is 4. The molecule has 3 atom stereocenters. The van der Waals surface area contributed by atoms with Gasteiger partial charge in [-0.3, -0.25) is 24.0 Å². The Morgan fingerprint density at radius 2 is 1.68 bits per heavy atom. The number of aliphatic carboxylic acids is 2. The highest BCUT2D eigenvalue weighted by atomic mass is 16.4. The lowest BCUT2D eigenvalue weighted by Crippen LogP contribution is -2.56. The molecule has 0 radical (unpaired) electrons. The van der Waals surface area contributed by atoms with E-state index in [4.69, 9.17) is 21.7 Å². The van der Waals surface area contributed by atoms with Crippen LogP contribution in [0.15, 0.2) is 0 Å². The molecule has 0 bridgehead atoms. The van der Waals surface area contributed by atoms with Crippen molar-refractivity contribution in [2.24, 2.45) is 11.5 Å². The van der Waals surface area contributed by atoms with Crippen LogP contribution in [-0.2, 0) is 28.8 Å². The van der Waals surface area contributed by atoms with Gasteiger partial charge in [-0.15, -0.1) is 0 Å². The number of carboxylic acids is 2. The molecular weight excluding hydrogens is 378 g/mol. The number of carbonyl (C=O) groups is 6. The van der Waals surface area contributed by atoms with Crippen molar-refractivity contribution < 1.29 is 39.0 Å². The Kier molecular flexibility index (Phi) is 8.31. The number of nitrogens with one attached hydrogen (secondary N) is 2. The van der Waals surface area contributed by atoms with E-state index in [0.29, 0.717) is 19.4 Å². The summed E-state index contributed by atoms with van der Waals surface area (Å²) in [4.78, 5) is 70.8. The number of amides is 4. The molecule has 0 saturated carbocycles. The highest BCUT2D eigenvalue weighted by molar-refractivity contribution is 5.96. The number of carboxylic acid groups (broad SMARTS) is 2. The molecule has 1 fully saturated rings. The predicted octanol–water partition coefficient (Wildman–Crippen LogP) is -3.66. The Morgan fingerprint density at radius 1 is 1.04 bits per heavy atom. The number of nitrogens with zero attached hydrogens (tertiary/aromatic N) is 1. The SMILES string of the molecule is NCC(=O)N1CCCC1C(=O)NC(CC(=O)O)C(=O)NC(CC(N)=O)C(=O)O. The molecular formula is C15H23N5O8. The molecule has 13 heteroatoms. The van der Waals surface area contributed by atoms with Gasteiger partial charge < -0.3 is 37.2 Å². The van der Waals surface area contributed by atoms with Gasteiger partial charge in [0.1, 0.15) is 18.1 Å². The van der Waals surface area contributed by atoms with Crippen LogP contribution in [0.3, 0.4) is 0 Å². The summed E-state index contributed by atoms with van der Waals surface area (Å²) in [6.45, 7) is -0.0140. The number of hydrogen-bond acceptors (Lipinski definition) is 7. The third-order valence-corrected chi connectivity index (χ3v) is 4.08. The standard InChI is InChI=1S/C15H23N5O8/c16-6-11(22)20-3-1-2-9(20)14(26)18-7(5-12(23)24)13(25)19-8(15(27)28)4-10(17)21/h7-9H,1-6,16H2,(H2,17,21)(H,18,26)(H,19,25)(H,23,24)(H,27,28). The smallest absolute Gasteiger partial charge is 0.326 e.